The summed E-state index contributed by atoms with van der Waals surface area (Å²) in [5.41, 5.74) is 2.13. The van der Waals surface area contributed by atoms with Crippen molar-refractivity contribution in [3.8, 4) is 0 Å². The number of carbonyl (C=O) groups excluding carboxylic acids is 1. The Morgan fingerprint density at radius 1 is 1.31 bits per heavy atom. The van der Waals surface area contributed by atoms with Crippen LogP contribution in [0.2, 0.25) is 5.02 Å². The molecule has 0 saturated carbocycles. The molecule has 5 atom stereocenters. The van der Waals surface area contributed by atoms with Gasteiger partial charge in [0.2, 0.25) is 5.79 Å². The van der Waals surface area contributed by atoms with E-state index in [1.807, 2.05) is 12.1 Å². The van der Waals surface area contributed by atoms with Crippen molar-refractivity contribution >= 4 is 28.8 Å². The van der Waals surface area contributed by atoms with Crippen LogP contribution in [0.25, 0.3) is 0 Å². The highest BCUT2D eigenvalue weighted by Gasteiger charge is 2.57. The Kier molecular flexibility index (Phi) is 5.45. The molecule has 0 aliphatic carbocycles. The van der Waals surface area contributed by atoms with Crippen molar-refractivity contribution in [2.24, 2.45) is 0 Å². The third-order valence-corrected chi connectivity index (χ3v) is 6.91. The smallest absolute Gasteiger partial charge is 0.261 e. The number of benzene rings is 1. The molecule has 156 valence electrons. The van der Waals surface area contributed by atoms with Crippen LogP contribution in [-0.2, 0) is 28.3 Å². The van der Waals surface area contributed by atoms with Crippen LogP contribution in [0, 0.1) is 0 Å². The lowest BCUT2D eigenvalue weighted by Gasteiger charge is -2.45. The summed E-state index contributed by atoms with van der Waals surface area (Å²) in [5, 5.41) is 34.1. The number of hydrogen-bond acceptors (Lipinski definition) is 7. The minimum Gasteiger partial charge on any atom is -0.388 e. The van der Waals surface area contributed by atoms with Crippen LogP contribution >= 0.6 is 22.9 Å². The van der Waals surface area contributed by atoms with E-state index >= 15 is 0 Å². The average Bonchev–Trinajstić information content (AvgIpc) is 3.30. The molecule has 29 heavy (non-hydrogen) atoms. The molecule has 4 rings (SSSR count). The van der Waals surface area contributed by atoms with Crippen molar-refractivity contribution in [1.82, 2.24) is 5.32 Å². The van der Waals surface area contributed by atoms with Gasteiger partial charge in [0.1, 0.15) is 18.3 Å². The van der Waals surface area contributed by atoms with Gasteiger partial charge in [-0.15, -0.1) is 11.3 Å². The van der Waals surface area contributed by atoms with Crippen molar-refractivity contribution in [1.29, 1.82) is 0 Å². The van der Waals surface area contributed by atoms with E-state index in [2.05, 4.69) is 5.32 Å². The summed E-state index contributed by atoms with van der Waals surface area (Å²) in [6.45, 7) is 1.79. The number of carbonyl (C=O) groups is 1. The van der Waals surface area contributed by atoms with Gasteiger partial charge in [0.05, 0.1) is 17.6 Å². The number of rotatable bonds is 3. The molecule has 3 heterocycles. The van der Waals surface area contributed by atoms with Crippen molar-refractivity contribution in [3.05, 3.63) is 55.7 Å². The normalized spacial score (nSPS) is 31.1. The zero-order valence-corrected chi connectivity index (χ0v) is 17.5. The van der Waals surface area contributed by atoms with Gasteiger partial charge in [-0.3, -0.25) is 4.79 Å². The minimum absolute atomic E-state index is 0.145. The molecule has 1 saturated heterocycles. The Morgan fingerprint density at radius 2 is 2.07 bits per heavy atom. The topological polar surface area (TPSA) is 108 Å². The Labute approximate surface area is 176 Å². The van der Waals surface area contributed by atoms with Gasteiger partial charge in [0, 0.05) is 28.9 Å². The molecule has 1 aromatic heterocycles. The van der Waals surface area contributed by atoms with Crippen LogP contribution in [0.15, 0.2) is 24.3 Å². The van der Waals surface area contributed by atoms with E-state index in [0.29, 0.717) is 21.9 Å². The quantitative estimate of drug-likeness (QED) is 0.577. The van der Waals surface area contributed by atoms with Gasteiger partial charge in [0.15, 0.2) is 0 Å². The summed E-state index contributed by atoms with van der Waals surface area (Å²) >= 11 is 7.85. The number of fused-ring (bicyclic) bond motifs is 2. The van der Waals surface area contributed by atoms with Gasteiger partial charge in [0.25, 0.3) is 5.91 Å². The van der Waals surface area contributed by atoms with Crippen molar-refractivity contribution in [3.63, 3.8) is 0 Å². The van der Waals surface area contributed by atoms with Gasteiger partial charge in [-0.2, -0.15) is 0 Å². The molecule has 1 aromatic carbocycles. The summed E-state index contributed by atoms with van der Waals surface area (Å²) in [7, 11) is 1.58. The van der Waals surface area contributed by atoms with E-state index in [1.54, 1.807) is 26.1 Å². The molecule has 1 amide bonds. The number of halogens is 1. The highest BCUT2D eigenvalue weighted by Crippen LogP contribution is 2.47. The summed E-state index contributed by atoms with van der Waals surface area (Å²) in [6, 6.07) is 7.22. The zero-order valence-electron chi connectivity index (χ0n) is 15.9. The molecule has 0 radical (unpaired) electrons. The van der Waals surface area contributed by atoms with Gasteiger partial charge < -0.3 is 30.1 Å². The van der Waals surface area contributed by atoms with E-state index in [9.17, 15) is 20.1 Å². The van der Waals surface area contributed by atoms with Gasteiger partial charge in [-0.1, -0.05) is 11.6 Å². The Balaban J connectivity index is 1.69. The Morgan fingerprint density at radius 3 is 2.79 bits per heavy atom. The van der Waals surface area contributed by atoms with Crippen molar-refractivity contribution in [2.45, 2.75) is 50.2 Å². The maximum atomic E-state index is 11.8. The fourth-order valence-electron chi connectivity index (χ4n) is 3.85. The first kappa shape index (κ1) is 20.7. The summed E-state index contributed by atoms with van der Waals surface area (Å²) in [4.78, 5) is 13.4. The third kappa shape index (κ3) is 3.38. The number of hydrogen-bond donors (Lipinski definition) is 4. The molecule has 0 bridgehead atoms. The highest BCUT2D eigenvalue weighted by molar-refractivity contribution is 7.14. The molecule has 1 fully saturated rings. The maximum Gasteiger partial charge on any atom is 0.261 e. The van der Waals surface area contributed by atoms with E-state index in [1.165, 1.54) is 11.3 Å². The van der Waals surface area contributed by atoms with Crippen LogP contribution in [0.3, 0.4) is 0 Å². The molecule has 9 heteroatoms. The molecule has 2 aromatic rings. The third-order valence-electron chi connectivity index (χ3n) is 5.47. The summed E-state index contributed by atoms with van der Waals surface area (Å²) in [5.74, 6) is -1.70. The van der Waals surface area contributed by atoms with E-state index in [0.717, 1.165) is 16.0 Å². The van der Waals surface area contributed by atoms with Crippen molar-refractivity contribution in [2.75, 3.05) is 7.05 Å². The lowest BCUT2D eigenvalue weighted by atomic mass is 9.87. The van der Waals surface area contributed by atoms with Crippen LogP contribution in [0.4, 0.5) is 0 Å². The predicted octanol–water partition coefficient (Wildman–Crippen LogP) is 1.54. The predicted molar refractivity (Wildman–Crippen MR) is 107 cm³/mol. The molecule has 1 spiro atoms. The molecule has 4 N–H and O–H groups in total. The monoisotopic (exact) mass is 439 g/mol. The zero-order chi connectivity index (χ0) is 20.9. The van der Waals surface area contributed by atoms with Crippen molar-refractivity contribution < 1.29 is 29.6 Å². The van der Waals surface area contributed by atoms with Crippen LogP contribution in [0.5, 0.6) is 0 Å². The van der Waals surface area contributed by atoms with Crippen LogP contribution < -0.4 is 5.32 Å². The van der Waals surface area contributed by atoms with Crippen LogP contribution in [-0.4, -0.2) is 52.7 Å². The first-order valence-electron chi connectivity index (χ1n) is 9.25. The first-order chi connectivity index (χ1) is 13.8. The van der Waals surface area contributed by atoms with Gasteiger partial charge >= 0.3 is 0 Å². The number of aliphatic hydroxyl groups excluding tert-OH is 3. The molecule has 0 unspecified atom stereocenters. The first-order valence-corrected chi connectivity index (χ1v) is 10.4. The SMILES string of the molecule is CNC(=O)c1ccc(Cc2cc3c(cc2Cl)CO[C@]32O[C@H](C)[C@@H](O)[C@H](O)[C@H]2O)s1. The second-order valence-electron chi connectivity index (χ2n) is 7.33. The fourth-order valence-corrected chi connectivity index (χ4v) is 5.08. The van der Waals surface area contributed by atoms with Gasteiger partial charge in [-0.25, -0.2) is 0 Å². The standard InChI is InChI=1S/C20H22ClNO6S/c1-9-16(23)17(24)18(25)20(28-9)13-6-10(14(21)7-11(13)8-27-20)5-12-3-4-15(29-12)19(26)22-2/h3-4,6-7,9,16-18,23-25H,5,8H2,1-2H3,(H,22,26)/t9-,16-,17+,18-,20+/m1/s1. The average molecular weight is 440 g/mol. The van der Waals surface area contributed by atoms with Gasteiger partial charge in [-0.05, 0) is 42.3 Å². The number of ether oxygens (including phenoxy) is 2. The second kappa shape index (κ2) is 7.63. The summed E-state index contributed by atoms with van der Waals surface area (Å²) < 4.78 is 11.7. The number of amides is 1. The molecular formula is C20H22ClNO6S. The summed E-state index contributed by atoms with van der Waals surface area (Å²) in [6.07, 6.45) is -4.32. The Bertz CT molecular complexity index is 949. The van der Waals surface area contributed by atoms with E-state index in [-0.39, 0.29) is 12.5 Å². The lowest BCUT2D eigenvalue weighted by Crippen LogP contribution is -2.62. The molecular weight excluding hydrogens is 418 g/mol. The fraction of sp³-hybridized carbons (Fsp3) is 0.450. The van der Waals surface area contributed by atoms with E-state index < -0.39 is 30.2 Å². The second-order valence-corrected chi connectivity index (χ2v) is 8.90. The van der Waals surface area contributed by atoms with Crippen LogP contribution in [0.1, 0.15) is 38.2 Å². The largest absolute Gasteiger partial charge is 0.388 e. The molecule has 7 nitrogen and oxygen atoms in total. The lowest BCUT2D eigenvalue weighted by molar-refractivity contribution is -0.362. The molecule has 2 aliphatic rings. The molecule has 2 aliphatic heterocycles. The highest BCUT2D eigenvalue weighted by atomic mass is 35.5. The number of thiophene rings is 1. The number of nitrogens with one attached hydrogen (secondary N) is 1. The maximum absolute atomic E-state index is 11.8. The van der Waals surface area contributed by atoms with E-state index in [4.69, 9.17) is 21.1 Å². The Hall–Kier alpha value is -1.52. The number of aliphatic hydroxyl groups is 3. The minimum atomic E-state index is -1.56.